The van der Waals surface area contributed by atoms with E-state index < -0.39 is 0 Å². The van der Waals surface area contributed by atoms with Crippen LogP contribution in [-0.2, 0) is 11.3 Å². The van der Waals surface area contributed by atoms with Gasteiger partial charge in [-0.3, -0.25) is 10.1 Å². The summed E-state index contributed by atoms with van der Waals surface area (Å²) in [5, 5.41) is 14.1. The maximum atomic E-state index is 11.0. The highest BCUT2D eigenvalue weighted by atomic mass is 16.6. The predicted octanol–water partition coefficient (Wildman–Crippen LogP) is 3.59. The number of rotatable bonds is 8. The summed E-state index contributed by atoms with van der Waals surface area (Å²) in [4.78, 5) is 10.7. The normalized spacial score (nSPS) is 10.7. The van der Waals surface area contributed by atoms with Crippen LogP contribution < -0.4 is 5.32 Å². The van der Waals surface area contributed by atoms with Crippen molar-refractivity contribution in [3.8, 4) is 0 Å². The lowest BCUT2D eigenvalue weighted by atomic mass is 10.1. The molecular weight excluding hydrogens is 244 g/mol. The van der Waals surface area contributed by atoms with Gasteiger partial charge in [-0.1, -0.05) is 26.8 Å². The largest absolute Gasteiger partial charge is 0.380 e. The maximum Gasteiger partial charge on any atom is 0.292 e. The minimum Gasteiger partial charge on any atom is -0.380 e. The van der Waals surface area contributed by atoms with E-state index in [-0.39, 0.29) is 10.6 Å². The fourth-order valence-electron chi connectivity index (χ4n) is 1.64. The quantitative estimate of drug-likeness (QED) is 0.577. The molecule has 19 heavy (non-hydrogen) atoms. The Balaban J connectivity index is 2.75. The van der Waals surface area contributed by atoms with Crippen molar-refractivity contribution in [2.24, 2.45) is 5.92 Å². The molecular formula is C14H22N2O3. The smallest absolute Gasteiger partial charge is 0.292 e. The van der Waals surface area contributed by atoms with E-state index in [1.54, 1.807) is 12.1 Å². The van der Waals surface area contributed by atoms with Gasteiger partial charge in [-0.2, -0.15) is 0 Å². The molecule has 1 rings (SSSR count). The first kappa shape index (κ1) is 15.4. The Bertz CT molecular complexity index is 419. The summed E-state index contributed by atoms with van der Waals surface area (Å²) >= 11 is 0. The lowest BCUT2D eigenvalue weighted by Gasteiger charge is -2.09. The Kier molecular flexibility index (Phi) is 6.29. The third kappa shape index (κ3) is 5.26. The molecule has 0 spiro atoms. The van der Waals surface area contributed by atoms with Gasteiger partial charge in [-0.25, -0.2) is 0 Å². The van der Waals surface area contributed by atoms with Crippen molar-refractivity contribution in [1.29, 1.82) is 0 Å². The molecule has 0 amide bonds. The van der Waals surface area contributed by atoms with Crippen LogP contribution in [0.2, 0.25) is 0 Å². The minimum absolute atomic E-state index is 0.110. The van der Waals surface area contributed by atoms with Crippen LogP contribution in [0, 0.1) is 16.0 Å². The van der Waals surface area contributed by atoms with Crippen LogP contribution in [0.15, 0.2) is 18.2 Å². The zero-order valence-electron chi connectivity index (χ0n) is 11.8. The first-order valence-electron chi connectivity index (χ1n) is 6.63. The highest BCUT2D eigenvalue weighted by Gasteiger charge is 2.14. The van der Waals surface area contributed by atoms with E-state index in [9.17, 15) is 10.1 Å². The number of hydrogen-bond donors (Lipinski definition) is 1. The van der Waals surface area contributed by atoms with Gasteiger partial charge < -0.3 is 10.1 Å². The van der Waals surface area contributed by atoms with Crippen molar-refractivity contribution in [3.63, 3.8) is 0 Å². The van der Waals surface area contributed by atoms with Gasteiger partial charge in [-0.05, 0) is 24.0 Å². The lowest BCUT2D eigenvalue weighted by molar-refractivity contribution is -0.384. The molecule has 1 N–H and O–H groups in total. The first-order valence-corrected chi connectivity index (χ1v) is 6.63. The summed E-state index contributed by atoms with van der Waals surface area (Å²) in [6.07, 6.45) is 0.927. The fraction of sp³-hybridized carbons (Fsp3) is 0.571. The highest BCUT2D eigenvalue weighted by molar-refractivity contribution is 5.62. The van der Waals surface area contributed by atoms with Crippen molar-refractivity contribution in [2.75, 3.05) is 18.5 Å². The third-order valence-corrected chi connectivity index (χ3v) is 2.54. The number of benzene rings is 1. The van der Waals surface area contributed by atoms with Crippen molar-refractivity contribution in [2.45, 2.75) is 33.8 Å². The van der Waals surface area contributed by atoms with Gasteiger partial charge in [0, 0.05) is 19.2 Å². The molecule has 0 unspecified atom stereocenters. The van der Waals surface area contributed by atoms with Crippen LogP contribution >= 0.6 is 0 Å². The van der Waals surface area contributed by atoms with Gasteiger partial charge >= 0.3 is 0 Å². The standard InChI is InChI=1S/C14H22N2O3/c1-4-7-15-13-6-5-12(8-14(13)16(17)18)10-19-9-11(2)3/h5-6,8,11,15H,4,7,9-10H2,1-3H3. The van der Waals surface area contributed by atoms with Gasteiger partial charge in [0.25, 0.3) is 5.69 Å². The lowest BCUT2D eigenvalue weighted by Crippen LogP contribution is -2.05. The molecule has 0 aromatic heterocycles. The molecule has 106 valence electrons. The van der Waals surface area contributed by atoms with Gasteiger partial charge in [0.15, 0.2) is 0 Å². The zero-order chi connectivity index (χ0) is 14.3. The summed E-state index contributed by atoms with van der Waals surface area (Å²) < 4.78 is 5.49. The van der Waals surface area contributed by atoms with Gasteiger partial charge in [-0.15, -0.1) is 0 Å². The van der Waals surface area contributed by atoms with Crippen molar-refractivity contribution in [3.05, 3.63) is 33.9 Å². The molecule has 0 saturated heterocycles. The van der Waals surface area contributed by atoms with Gasteiger partial charge in [0.1, 0.15) is 5.69 Å². The molecule has 0 heterocycles. The summed E-state index contributed by atoms with van der Waals surface area (Å²) in [5.74, 6) is 0.459. The number of anilines is 1. The van der Waals surface area contributed by atoms with E-state index in [1.807, 2.05) is 13.0 Å². The number of nitro benzene ring substituents is 1. The van der Waals surface area contributed by atoms with E-state index >= 15 is 0 Å². The van der Waals surface area contributed by atoms with Crippen LogP contribution in [0.25, 0.3) is 0 Å². The summed E-state index contributed by atoms with van der Waals surface area (Å²) in [6.45, 7) is 7.95. The molecule has 0 aliphatic heterocycles. The molecule has 5 heteroatoms. The average Bonchev–Trinajstić information content (AvgIpc) is 2.36. The number of nitrogens with one attached hydrogen (secondary N) is 1. The number of ether oxygens (including phenoxy) is 1. The minimum atomic E-state index is -0.357. The van der Waals surface area contributed by atoms with Gasteiger partial charge in [0.05, 0.1) is 11.5 Å². The van der Waals surface area contributed by atoms with Crippen LogP contribution in [0.4, 0.5) is 11.4 Å². The second-order valence-electron chi connectivity index (χ2n) is 4.94. The second kappa shape index (κ2) is 7.74. The monoisotopic (exact) mass is 266 g/mol. The van der Waals surface area contributed by atoms with E-state index in [4.69, 9.17) is 4.74 Å². The maximum absolute atomic E-state index is 11.0. The Morgan fingerprint density at radius 2 is 2.16 bits per heavy atom. The molecule has 1 aromatic rings. The Morgan fingerprint density at radius 3 is 2.74 bits per heavy atom. The molecule has 0 aliphatic rings. The molecule has 5 nitrogen and oxygen atoms in total. The first-order chi connectivity index (χ1) is 9.04. The summed E-state index contributed by atoms with van der Waals surface area (Å²) in [6, 6.07) is 5.20. The van der Waals surface area contributed by atoms with Crippen LogP contribution in [0.5, 0.6) is 0 Å². The molecule has 1 aromatic carbocycles. The fourth-order valence-corrected chi connectivity index (χ4v) is 1.64. The second-order valence-corrected chi connectivity index (χ2v) is 4.94. The molecule has 0 atom stereocenters. The Labute approximate surface area is 114 Å². The molecule has 0 fully saturated rings. The van der Waals surface area contributed by atoms with Crippen LogP contribution in [-0.4, -0.2) is 18.1 Å². The molecule has 0 bridgehead atoms. The van der Waals surface area contributed by atoms with Crippen molar-refractivity contribution < 1.29 is 9.66 Å². The highest BCUT2D eigenvalue weighted by Crippen LogP contribution is 2.25. The third-order valence-electron chi connectivity index (χ3n) is 2.54. The average molecular weight is 266 g/mol. The van der Waals surface area contributed by atoms with Crippen molar-refractivity contribution >= 4 is 11.4 Å². The van der Waals surface area contributed by atoms with Crippen molar-refractivity contribution in [1.82, 2.24) is 0 Å². The van der Waals surface area contributed by atoms with E-state index in [0.29, 0.717) is 24.8 Å². The number of hydrogen-bond acceptors (Lipinski definition) is 4. The zero-order valence-corrected chi connectivity index (χ0v) is 11.8. The van der Waals surface area contributed by atoms with Crippen LogP contribution in [0.1, 0.15) is 32.8 Å². The van der Waals surface area contributed by atoms with Gasteiger partial charge in [0.2, 0.25) is 0 Å². The van der Waals surface area contributed by atoms with E-state index in [2.05, 4.69) is 19.2 Å². The predicted molar refractivity (Wildman–Crippen MR) is 76.4 cm³/mol. The Hall–Kier alpha value is -1.62. The molecule has 0 radical (unpaired) electrons. The van der Waals surface area contributed by atoms with E-state index in [0.717, 1.165) is 18.5 Å². The SMILES string of the molecule is CCCNc1ccc(COCC(C)C)cc1[N+](=O)[O-]. The van der Waals surface area contributed by atoms with Crippen LogP contribution in [0.3, 0.4) is 0 Å². The van der Waals surface area contributed by atoms with E-state index in [1.165, 1.54) is 0 Å². The summed E-state index contributed by atoms with van der Waals surface area (Å²) in [7, 11) is 0. The number of nitro groups is 1. The molecule has 0 aliphatic carbocycles. The molecule has 0 saturated carbocycles. The topological polar surface area (TPSA) is 64.4 Å². The Morgan fingerprint density at radius 1 is 1.42 bits per heavy atom. The number of nitrogens with zero attached hydrogens (tertiary/aromatic N) is 1. The summed E-state index contributed by atoms with van der Waals surface area (Å²) in [5.41, 5.74) is 1.51.